The van der Waals surface area contributed by atoms with Crippen LogP contribution in [0.15, 0.2) is 86.1 Å². The maximum absolute atomic E-state index is 13.8. The summed E-state index contributed by atoms with van der Waals surface area (Å²) in [6, 6.07) is 17.0. The van der Waals surface area contributed by atoms with Gasteiger partial charge in [-0.1, -0.05) is 35.6 Å². The number of thiazole rings is 1. The lowest BCUT2D eigenvalue weighted by Crippen LogP contribution is -2.39. The van der Waals surface area contributed by atoms with Crippen molar-refractivity contribution < 1.29 is 28.2 Å². The third-order valence-corrected chi connectivity index (χ3v) is 7.51. The molecule has 0 aliphatic carbocycles. The smallest absolute Gasteiger partial charge is 0.338 e. The first-order valence-electron chi connectivity index (χ1n) is 13.1. The Kier molecular flexibility index (Phi) is 8.02. The van der Waals surface area contributed by atoms with Gasteiger partial charge in [-0.2, -0.15) is 0 Å². The number of fused-ring (bicyclic) bond motifs is 1. The van der Waals surface area contributed by atoms with Gasteiger partial charge in [0, 0.05) is 11.6 Å². The van der Waals surface area contributed by atoms with Crippen molar-refractivity contribution in [1.82, 2.24) is 4.57 Å². The minimum atomic E-state index is -0.719. The number of methoxy groups -OCH3 is 1. The maximum Gasteiger partial charge on any atom is 0.338 e. The van der Waals surface area contributed by atoms with E-state index in [1.807, 2.05) is 12.1 Å². The highest BCUT2D eigenvalue weighted by Gasteiger charge is 2.33. The summed E-state index contributed by atoms with van der Waals surface area (Å²) in [4.78, 5) is 43.8. The lowest BCUT2D eigenvalue weighted by Gasteiger charge is -2.24. The summed E-state index contributed by atoms with van der Waals surface area (Å²) in [5.74, 6) is 0.805. The van der Waals surface area contributed by atoms with Crippen LogP contribution in [0.1, 0.15) is 48.5 Å². The summed E-state index contributed by atoms with van der Waals surface area (Å²) in [5, 5.41) is 0. The molecule has 0 unspecified atom stereocenters. The van der Waals surface area contributed by atoms with Gasteiger partial charge in [0.2, 0.25) is 0 Å². The number of furan rings is 1. The predicted molar refractivity (Wildman–Crippen MR) is 153 cm³/mol. The Bertz CT molecular complexity index is 1810. The number of ether oxygens (including phenoxy) is 3. The Morgan fingerprint density at radius 3 is 2.32 bits per heavy atom. The van der Waals surface area contributed by atoms with Crippen LogP contribution in [0, 0.1) is 0 Å². The zero-order chi connectivity index (χ0) is 29.1. The molecule has 0 N–H and O–H groups in total. The molecular formula is C31H28N2O7S. The van der Waals surface area contributed by atoms with Gasteiger partial charge in [-0.15, -0.1) is 0 Å². The number of hydrogen-bond donors (Lipinski definition) is 0. The number of carbonyl (C=O) groups excluding carboxylic acids is 2. The normalized spacial score (nSPS) is 14.8. The van der Waals surface area contributed by atoms with Crippen LogP contribution in [0.25, 0.3) is 17.4 Å². The number of aromatic nitrogens is 1. The van der Waals surface area contributed by atoms with Gasteiger partial charge in [-0.25, -0.2) is 14.6 Å². The quantitative estimate of drug-likeness (QED) is 0.291. The number of allylic oxidation sites excluding steroid dienone is 1. The standard InChI is InChI=1S/C31H28N2O7S/c1-5-38-29(35)21-9-7-19(8-10-21)24-16-15-23(40-24)17-25-28(34)33-27(20-11-13-22(37-4)14-12-20)26(30(36)39-6-2)18(3)32-31(33)41-25/h7-17,27H,5-6H2,1-4H3/b25-17-/t27-/m0/s1. The highest BCUT2D eigenvalue weighted by molar-refractivity contribution is 7.07. The largest absolute Gasteiger partial charge is 0.497 e. The van der Waals surface area contributed by atoms with E-state index in [1.165, 1.54) is 15.9 Å². The van der Waals surface area contributed by atoms with E-state index in [4.69, 9.17) is 18.6 Å². The summed E-state index contributed by atoms with van der Waals surface area (Å²) in [6.07, 6.45) is 1.66. The second kappa shape index (κ2) is 11.8. The van der Waals surface area contributed by atoms with Crippen molar-refractivity contribution in [2.24, 2.45) is 4.99 Å². The summed E-state index contributed by atoms with van der Waals surface area (Å²) in [5.41, 5.74) is 2.44. The Morgan fingerprint density at radius 1 is 0.976 bits per heavy atom. The predicted octanol–water partition coefficient (Wildman–Crippen LogP) is 4.24. The molecule has 1 atom stereocenters. The highest BCUT2D eigenvalue weighted by Crippen LogP contribution is 2.31. The number of carbonyl (C=O) groups is 2. The topological polar surface area (TPSA) is 109 Å². The second-order valence-corrected chi connectivity index (χ2v) is 10.1. The summed E-state index contributed by atoms with van der Waals surface area (Å²) < 4.78 is 23.6. The van der Waals surface area contributed by atoms with Gasteiger partial charge >= 0.3 is 11.9 Å². The average Bonchev–Trinajstić information content (AvgIpc) is 3.57. The van der Waals surface area contributed by atoms with Gasteiger partial charge in [0.25, 0.3) is 5.56 Å². The molecular weight excluding hydrogens is 544 g/mol. The van der Waals surface area contributed by atoms with E-state index in [0.29, 0.717) is 50.0 Å². The zero-order valence-corrected chi connectivity index (χ0v) is 23.8. The van der Waals surface area contributed by atoms with Crippen molar-refractivity contribution in [3.63, 3.8) is 0 Å². The van der Waals surface area contributed by atoms with Gasteiger partial charge < -0.3 is 18.6 Å². The zero-order valence-electron chi connectivity index (χ0n) is 23.0. The third kappa shape index (κ3) is 5.51. The number of benzene rings is 2. The van der Waals surface area contributed by atoms with Gasteiger partial charge in [0.1, 0.15) is 17.3 Å². The number of esters is 2. The van der Waals surface area contributed by atoms with Crippen LogP contribution in [-0.2, 0) is 14.3 Å². The van der Waals surface area contributed by atoms with Gasteiger partial charge in [0.15, 0.2) is 4.80 Å². The van der Waals surface area contributed by atoms with Gasteiger partial charge in [-0.05, 0) is 62.7 Å². The average molecular weight is 573 g/mol. The molecule has 0 bridgehead atoms. The van der Waals surface area contributed by atoms with Crippen molar-refractivity contribution >= 4 is 29.4 Å². The molecule has 210 valence electrons. The monoisotopic (exact) mass is 572 g/mol. The van der Waals surface area contributed by atoms with E-state index in [2.05, 4.69) is 4.99 Å². The SMILES string of the molecule is CCOC(=O)C1=C(C)N=c2s/c(=C\c3ccc(-c4ccc(C(=O)OCC)cc4)o3)c(=O)n2[C@H]1c1ccc(OC)cc1. The lowest BCUT2D eigenvalue weighted by molar-refractivity contribution is -0.139. The van der Waals surface area contributed by atoms with E-state index in [-0.39, 0.29) is 18.1 Å². The van der Waals surface area contributed by atoms with E-state index in [1.54, 1.807) is 82.5 Å². The summed E-state index contributed by atoms with van der Waals surface area (Å²) >= 11 is 1.21. The first-order chi connectivity index (χ1) is 19.8. The molecule has 41 heavy (non-hydrogen) atoms. The van der Waals surface area contributed by atoms with E-state index in [0.717, 1.165) is 11.1 Å². The van der Waals surface area contributed by atoms with Crippen LogP contribution in [0.3, 0.4) is 0 Å². The molecule has 2 aromatic carbocycles. The molecule has 1 aliphatic rings. The molecule has 0 spiro atoms. The fraction of sp³-hybridized carbons (Fsp3) is 0.226. The second-order valence-electron chi connectivity index (χ2n) is 9.08. The Morgan fingerprint density at radius 2 is 1.66 bits per heavy atom. The van der Waals surface area contributed by atoms with Gasteiger partial charge in [-0.3, -0.25) is 9.36 Å². The Hall–Kier alpha value is -4.70. The van der Waals surface area contributed by atoms with Crippen molar-refractivity contribution in [1.29, 1.82) is 0 Å². The van der Waals surface area contributed by atoms with E-state index < -0.39 is 12.0 Å². The molecule has 9 nitrogen and oxygen atoms in total. The molecule has 2 aromatic heterocycles. The molecule has 0 fully saturated rings. The number of nitrogens with zero attached hydrogens (tertiary/aromatic N) is 2. The van der Waals surface area contributed by atoms with Crippen molar-refractivity contribution in [2.45, 2.75) is 26.8 Å². The van der Waals surface area contributed by atoms with Crippen LogP contribution < -0.4 is 19.6 Å². The number of hydrogen-bond acceptors (Lipinski definition) is 9. The van der Waals surface area contributed by atoms with Crippen LogP contribution in [0.2, 0.25) is 0 Å². The fourth-order valence-electron chi connectivity index (χ4n) is 4.59. The third-order valence-electron chi connectivity index (χ3n) is 6.53. The highest BCUT2D eigenvalue weighted by atomic mass is 32.1. The van der Waals surface area contributed by atoms with Crippen molar-refractivity contribution in [2.75, 3.05) is 20.3 Å². The molecule has 1 aliphatic heterocycles. The molecule has 0 radical (unpaired) electrons. The molecule has 10 heteroatoms. The molecule has 3 heterocycles. The summed E-state index contributed by atoms with van der Waals surface area (Å²) in [6.45, 7) is 5.73. The minimum Gasteiger partial charge on any atom is -0.497 e. The van der Waals surface area contributed by atoms with Crippen molar-refractivity contribution in [3.05, 3.63) is 109 Å². The van der Waals surface area contributed by atoms with Crippen LogP contribution in [0.5, 0.6) is 5.75 Å². The van der Waals surface area contributed by atoms with E-state index in [9.17, 15) is 14.4 Å². The molecule has 0 amide bonds. The lowest BCUT2D eigenvalue weighted by atomic mass is 9.96. The fourth-order valence-corrected chi connectivity index (χ4v) is 5.62. The van der Waals surface area contributed by atoms with Gasteiger partial charge in [0.05, 0.1) is 47.7 Å². The Balaban J connectivity index is 1.54. The molecule has 0 saturated heterocycles. The van der Waals surface area contributed by atoms with E-state index >= 15 is 0 Å². The summed E-state index contributed by atoms with van der Waals surface area (Å²) in [7, 11) is 1.57. The maximum atomic E-state index is 13.8. The molecule has 0 saturated carbocycles. The van der Waals surface area contributed by atoms with Crippen LogP contribution in [-0.4, -0.2) is 36.8 Å². The Labute approximate surface area is 239 Å². The first kappa shape index (κ1) is 27.9. The first-order valence-corrected chi connectivity index (χ1v) is 13.9. The van der Waals surface area contributed by atoms with Crippen LogP contribution in [0.4, 0.5) is 0 Å². The number of rotatable bonds is 8. The molecule has 5 rings (SSSR count). The van der Waals surface area contributed by atoms with Crippen LogP contribution >= 0.6 is 11.3 Å². The minimum absolute atomic E-state index is 0.196. The van der Waals surface area contributed by atoms with Crippen molar-refractivity contribution in [3.8, 4) is 17.1 Å². The molecule has 4 aromatic rings.